The van der Waals surface area contributed by atoms with Crippen molar-refractivity contribution >= 4 is 23.1 Å². The molecule has 1 amide bonds. The van der Waals surface area contributed by atoms with E-state index in [4.69, 9.17) is 22.4 Å². The summed E-state index contributed by atoms with van der Waals surface area (Å²) in [6.07, 6.45) is 2.02. The van der Waals surface area contributed by atoms with Gasteiger partial charge in [0.2, 0.25) is 0 Å². The van der Waals surface area contributed by atoms with E-state index in [-0.39, 0.29) is 5.91 Å². The fourth-order valence-corrected chi connectivity index (χ4v) is 1.48. The van der Waals surface area contributed by atoms with Gasteiger partial charge in [-0.1, -0.05) is 12.2 Å². The molecule has 1 rings (SSSR count). The Kier molecular flexibility index (Phi) is 4.49. The maximum atomic E-state index is 12.0. The maximum Gasteiger partial charge on any atom is 0.257 e. The highest BCUT2D eigenvalue weighted by molar-refractivity contribution is 7.80. The van der Waals surface area contributed by atoms with Gasteiger partial charge in [0.05, 0.1) is 10.6 Å². The Bertz CT molecular complexity index is 387. The molecule has 5 heteroatoms. The lowest BCUT2D eigenvalue weighted by Gasteiger charge is -2.19. The summed E-state index contributed by atoms with van der Waals surface area (Å²) < 4.78 is 5.11. The molecule has 88 valence electrons. The van der Waals surface area contributed by atoms with Crippen LogP contribution in [0.1, 0.15) is 29.5 Å². The Morgan fingerprint density at radius 3 is 2.75 bits per heavy atom. The highest BCUT2D eigenvalue weighted by Gasteiger charge is 2.15. The molecule has 0 bridgehead atoms. The highest BCUT2D eigenvalue weighted by Crippen LogP contribution is 2.10. The van der Waals surface area contributed by atoms with Crippen molar-refractivity contribution in [2.45, 2.75) is 20.3 Å². The van der Waals surface area contributed by atoms with Gasteiger partial charge in [0.1, 0.15) is 12.0 Å². The number of amides is 1. The molecule has 1 aromatic heterocycles. The third-order valence-corrected chi connectivity index (χ3v) is 2.48. The Balaban J connectivity index is 2.66. The van der Waals surface area contributed by atoms with Gasteiger partial charge in [-0.05, 0) is 19.9 Å². The van der Waals surface area contributed by atoms with Crippen molar-refractivity contribution in [3.05, 3.63) is 23.7 Å². The molecule has 0 aliphatic carbocycles. The first-order valence-electron chi connectivity index (χ1n) is 5.17. The molecule has 1 heterocycles. The summed E-state index contributed by atoms with van der Waals surface area (Å²) in [5.41, 5.74) is 5.98. The Morgan fingerprint density at radius 2 is 2.31 bits per heavy atom. The summed E-state index contributed by atoms with van der Waals surface area (Å²) in [5, 5.41) is 0. The van der Waals surface area contributed by atoms with E-state index in [1.54, 1.807) is 11.0 Å². The number of furan rings is 1. The van der Waals surface area contributed by atoms with Crippen molar-refractivity contribution in [1.82, 2.24) is 4.90 Å². The second-order valence-corrected chi connectivity index (χ2v) is 4.07. The zero-order valence-corrected chi connectivity index (χ0v) is 10.3. The second-order valence-electron chi connectivity index (χ2n) is 3.55. The van der Waals surface area contributed by atoms with Gasteiger partial charge in [0.15, 0.2) is 0 Å². The van der Waals surface area contributed by atoms with Gasteiger partial charge in [-0.2, -0.15) is 0 Å². The number of hydrogen-bond acceptors (Lipinski definition) is 3. The molecule has 1 aromatic rings. The SMILES string of the molecule is CCN(CCC(N)=S)C(=O)c1coc(C)c1. The second kappa shape index (κ2) is 5.65. The van der Waals surface area contributed by atoms with Crippen molar-refractivity contribution in [3.63, 3.8) is 0 Å². The van der Waals surface area contributed by atoms with Gasteiger partial charge >= 0.3 is 0 Å². The first kappa shape index (κ1) is 12.7. The molecule has 0 radical (unpaired) electrons. The molecule has 16 heavy (non-hydrogen) atoms. The van der Waals surface area contributed by atoms with Crippen LogP contribution in [0.3, 0.4) is 0 Å². The fourth-order valence-electron chi connectivity index (χ4n) is 1.39. The normalized spacial score (nSPS) is 10.1. The number of nitrogens with zero attached hydrogens (tertiary/aromatic N) is 1. The van der Waals surface area contributed by atoms with Crippen molar-refractivity contribution in [1.29, 1.82) is 0 Å². The van der Waals surface area contributed by atoms with E-state index in [9.17, 15) is 4.79 Å². The van der Waals surface area contributed by atoms with Gasteiger partial charge in [-0.25, -0.2) is 0 Å². The standard InChI is InChI=1S/C11H16N2O2S/c1-3-13(5-4-10(12)16)11(14)9-6-8(2)15-7-9/h6-7H,3-5H2,1-2H3,(H2,12,16). The van der Waals surface area contributed by atoms with Crippen LogP contribution in [-0.2, 0) is 0 Å². The molecule has 4 nitrogen and oxygen atoms in total. The predicted octanol–water partition coefficient (Wildman–Crippen LogP) is 1.73. The molecular weight excluding hydrogens is 224 g/mol. The molecule has 0 atom stereocenters. The quantitative estimate of drug-likeness (QED) is 0.796. The molecule has 0 saturated heterocycles. The molecule has 2 N–H and O–H groups in total. The Morgan fingerprint density at radius 1 is 1.62 bits per heavy atom. The molecular formula is C11H16N2O2S. The van der Waals surface area contributed by atoms with E-state index in [1.807, 2.05) is 13.8 Å². The van der Waals surface area contributed by atoms with E-state index in [1.165, 1.54) is 6.26 Å². The average molecular weight is 240 g/mol. The molecule has 0 aliphatic heterocycles. The lowest BCUT2D eigenvalue weighted by Crippen LogP contribution is -2.33. The van der Waals surface area contributed by atoms with Crippen LogP contribution in [0.15, 0.2) is 16.7 Å². The summed E-state index contributed by atoms with van der Waals surface area (Å²) >= 11 is 4.79. The zero-order valence-electron chi connectivity index (χ0n) is 9.53. The number of nitrogens with two attached hydrogens (primary N) is 1. The third kappa shape index (κ3) is 3.34. The van der Waals surface area contributed by atoms with Crippen molar-refractivity contribution in [2.24, 2.45) is 5.73 Å². The number of carbonyl (C=O) groups excluding carboxylic acids is 1. The maximum absolute atomic E-state index is 12.0. The van der Waals surface area contributed by atoms with E-state index in [0.29, 0.717) is 30.1 Å². The van der Waals surface area contributed by atoms with Crippen LogP contribution >= 0.6 is 12.2 Å². The molecule has 0 spiro atoms. The Labute approximate surface area is 100 Å². The minimum atomic E-state index is -0.0457. The molecule has 0 aliphatic rings. The van der Waals surface area contributed by atoms with Crippen LogP contribution in [0.4, 0.5) is 0 Å². The number of thiocarbonyl (C=S) groups is 1. The van der Waals surface area contributed by atoms with Crippen molar-refractivity contribution in [3.8, 4) is 0 Å². The van der Waals surface area contributed by atoms with E-state index < -0.39 is 0 Å². The summed E-state index contributed by atoms with van der Waals surface area (Å²) in [6.45, 7) is 4.91. The van der Waals surface area contributed by atoms with Crippen molar-refractivity contribution in [2.75, 3.05) is 13.1 Å². The molecule has 0 unspecified atom stereocenters. The highest BCUT2D eigenvalue weighted by atomic mass is 32.1. The van der Waals surface area contributed by atoms with Crippen molar-refractivity contribution < 1.29 is 9.21 Å². The van der Waals surface area contributed by atoms with E-state index >= 15 is 0 Å². The summed E-state index contributed by atoms with van der Waals surface area (Å²) in [6, 6.07) is 1.73. The minimum Gasteiger partial charge on any atom is -0.469 e. The number of carbonyl (C=O) groups is 1. The first-order valence-corrected chi connectivity index (χ1v) is 5.58. The number of rotatable bonds is 5. The van der Waals surface area contributed by atoms with Crippen LogP contribution in [0.2, 0.25) is 0 Å². The lowest BCUT2D eigenvalue weighted by atomic mass is 10.2. The molecule has 0 saturated carbocycles. The lowest BCUT2D eigenvalue weighted by molar-refractivity contribution is 0.0768. The van der Waals surface area contributed by atoms with Crippen LogP contribution in [0.5, 0.6) is 0 Å². The van der Waals surface area contributed by atoms with Crippen LogP contribution in [-0.4, -0.2) is 28.9 Å². The van der Waals surface area contributed by atoms with Gasteiger partial charge in [0.25, 0.3) is 5.91 Å². The minimum absolute atomic E-state index is 0.0457. The van der Waals surface area contributed by atoms with Gasteiger partial charge in [-0.3, -0.25) is 4.79 Å². The topological polar surface area (TPSA) is 59.5 Å². The molecule has 0 fully saturated rings. The van der Waals surface area contributed by atoms with Gasteiger partial charge in [-0.15, -0.1) is 0 Å². The van der Waals surface area contributed by atoms with Crippen LogP contribution in [0.25, 0.3) is 0 Å². The number of hydrogen-bond donors (Lipinski definition) is 1. The van der Waals surface area contributed by atoms with E-state index in [2.05, 4.69) is 0 Å². The smallest absolute Gasteiger partial charge is 0.257 e. The first-order chi connectivity index (χ1) is 7.54. The third-order valence-electron chi connectivity index (χ3n) is 2.27. The summed E-state index contributed by atoms with van der Waals surface area (Å²) in [5.74, 6) is 0.685. The zero-order chi connectivity index (χ0) is 12.1. The monoisotopic (exact) mass is 240 g/mol. The van der Waals surface area contributed by atoms with Gasteiger partial charge < -0.3 is 15.1 Å². The average Bonchev–Trinajstić information content (AvgIpc) is 2.65. The van der Waals surface area contributed by atoms with Crippen LogP contribution < -0.4 is 5.73 Å². The molecule has 0 aromatic carbocycles. The fraction of sp³-hybridized carbons (Fsp3) is 0.455. The van der Waals surface area contributed by atoms with E-state index in [0.717, 1.165) is 5.76 Å². The summed E-state index contributed by atoms with van der Waals surface area (Å²) in [7, 11) is 0. The summed E-state index contributed by atoms with van der Waals surface area (Å²) in [4.78, 5) is 14.1. The largest absolute Gasteiger partial charge is 0.469 e. The predicted molar refractivity (Wildman–Crippen MR) is 66.4 cm³/mol. The Hall–Kier alpha value is -1.36. The van der Waals surface area contributed by atoms with Gasteiger partial charge in [0, 0.05) is 19.5 Å². The number of aryl methyl sites for hydroxylation is 1. The van der Waals surface area contributed by atoms with Crippen LogP contribution in [0, 0.1) is 6.92 Å².